The third-order valence-corrected chi connectivity index (χ3v) is 6.24. The Morgan fingerprint density at radius 1 is 1.15 bits per heavy atom. The molecule has 134 valence electrons. The number of aryl methyl sites for hydroxylation is 1. The maximum Gasteiger partial charge on any atom is 0.254 e. The molecule has 2 heterocycles. The van der Waals surface area contributed by atoms with Crippen LogP contribution in [-0.2, 0) is 0 Å². The first-order chi connectivity index (χ1) is 12.7. The van der Waals surface area contributed by atoms with Crippen molar-refractivity contribution in [2.45, 2.75) is 30.6 Å². The summed E-state index contributed by atoms with van der Waals surface area (Å²) in [6.07, 6.45) is 6.24. The summed E-state index contributed by atoms with van der Waals surface area (Å²) in [6, 6.07) is 14.6. The summed E-state index contributed by atoms with van der Waals surface area (Å²) in [5.41, 5.74) is 4.51. The van der Waals surface area contributed by atoms with Crippen LogP contribution in [0.5, 0.6) is 0 Å². The lowest BCUT2D eigenvalue weighted by molar-refractivity contribution is 0.0712. The zero-order chi connectivity index (χ0) is 18.1. The van der Waals surface area contributed by atoms with Gasteiger partial charge in [0.05, 0.1) is 0 Å². The average Bonchev–Trinajstić information content (AvgIpc) is 3.12. The van der Waals surface area contributed by atoms with E-state index in [9.17, 15) is 4.79 Å². The molecule has 0 aliphatic carbocycles. The number of H-pyrrole nitrogens is 1. The predicted octanol–water partition coefficient (Wildman–Crippen LogP) is 5.22. The number of piperidine rings is 1. The van der Waals surface area contributed by atoms with Crippen molar-refractivity contribution in [1.29, 1.82) is 0 Å². The zero-order valence-corrected chi connectivity index (χ0v) is 16.1. The van der Waals surface area contributed by atoms with Crippen LogP contribution in [-0.4, -0.2) is 35.1 Å². The Morgan fingerprint density at radius 3 is 2.69 bits per heavy atom. The summed E-state index contributed by atoms with van der Waals surface area (Å²) in [5, 5.41) is 1.32. The molecule has 1 aliphatic heterocycles. The van der Waals surface area contributed by atoms with Gasteiger partial charge in [0.1, 0.15) is 0 Å². The molecule has 4 heteroatoms. The second-order valence-electron chi connectivity index (χ2n) is 7.04. The molecule has 1 fully saturated rings. The van der Waals surface area contributed by atoms with Gasteiger partial charge < -0.3 is 9.88 Å². The number of fused-ring (bicyclic) bond motifs is 1. The van der Waals surface area contributed by atoms with Crippen LogP contribution in [0.1, 0.15) is 40.2 Å². The van der Waals surface area contributed by atoms with Gasteiger partial charge in [-0.2, -0.15) is 0 Å². The molecule has 1 aliphatic rings. The van der Waals surface area contributed by atoms with Gasteiger partial charge in [0.25, 0.3) is 5.91 Å². The summed E-state index contributed by atoms with van der Waals surface area (Å²) in [4.78, 5) is 19.6. The van der Waals surface area contributed by atoms with Gasteiger partial charge in [-0.15, -0.1) is 11.8 Å². The zero-order valence-electron chi connectivity index (χ0n) is 15.3. The minimum atomic E-state index is 0.177. The highest BCUT2D eigenvalue weighted by Crippen LogP contribution is 2.33. The van der Waals surface area contributed by atoms with Crippen LogP contribution < -0.4 is 0 Å². The number of thioether (sulfide) groups is 1. The number of carbonyl (C=O) groups excluding carboxylic acids is 1. The number of carbonyl (C=O) groups is 1. The van der Waals surface area contributed by atoms with E-state index in [1.165, 1.54) is 16.5 Å². The summed E-state index contributed by atoms with van der Waals surface area (Å²) >= 11 is 1.68. The molecule has 1 N–H and O–H groups in total. The first-order valence-corrected chi connectivity index (χ1v) is 10.4. The van der Waals surface area contributed by atoms with Crippen LogP contribution in [0.4, 0.5) is 0 Å². The Hall–Kier alpha value is -2.20. The molecule has 1 amide bonds. The monoisotopic (exact) mass is 364 g/mol. The van der Waals surface area contributed by atoms with E-state index in [1.54, 1.807) is 11.8 Å². The van der Waals surface area contributed by atoms with Gasteiger partial charge in [0.15, 0.2) is 0 Å². The average molecular weight is 365 g/mol. The van der Waals surface area contributed by atoms with Gasteiger partial charge in [-0.05, 0) is 61.3 Å². The lowest BCUT2D eigenvalue weighted by Crippen LogP contribution is -2.38. The van der Waals surface area contributed by atoms with Crippen LogP contribution in [0, 0.1) is 6.92 Å². The number of rotatable bonds is 3. The Morgan fingerprint density at radius 2 is 1.92 bits per heavy atom. The van der Waals surface area contributed by atoms with Crippen molar-refractivity contribution in [2.24, 2.45) is 0 Å². The van der Waals surface area contributed by atoms with E-state index in [-0.39, 0.29) is 5.91 Å². The molecule has 26 heavy (non-hydrogen) atoms. The molecule has 0 radical (unpaired) electrons. The molecule has 4 rings (SSSR count). The minimum absolute atomic E-state index is 0.177. The molecule has 1 aromatic heterocycles. The fraction of sp³-hybridized carbons (Fsp3) is 0.318. The van der Waals surface area contributed by atoms with Crippen molar-refractivity contribution in [2.75, 3.05) is 19.3 Å². The Kier molecular flexibility index (Phi) is 4.77. The van der Waals surface area contributed by atoms with Gasteiger partial charge >= 0.3 is 0 Å². The highest BCUT2D eigenvalue weighted by atomic mass is 32.2. The van der Waals surface area contributed by atoms with E-state index >= 15 is 0 Å². The lowest BCUT2D eigenvalue weighted by atomic mass is 9.89. The van der Waals surface area contributed by atoms with Crippen molar-refractivity contribution >= 4 is 28.6 Å². The summed E-state index contributed by atoms with van der Waals surface area (Å²) in [6.45, 7) is 3.67. The fourth-order valence-corrected chi connectivity index (χ4v) is 4.39. The molecular formula is C22H24N2OS. The standard InChI is InChI=1S/C22H24N2OS/c1-15-7-8-17(26-2)13-19(15)22(25)24-11-9-16(10-12-24)20-14-23-21-6-4-3-5-18(20)21/h3-8,13-14,16,23H,9-12H2,1-2H3. The van der Waals surface area contributed by atoms with Crippen LogP contribution in [0.25, 0.3) is 10.9 Å². The molecule has 0 spiro atoms. The van der Waals surface area contributed by atoms with Gasteiger partial charge in [-0.25, -0.2) is 0 Å². The quantitative estimate of drug-likeness (QED) is 0.647. The van der Waals surface area contributed by atoms with E-state index < -0.39 is 0 Å². The molecule has 0 atom stereocenters. The SMILES string of the molecule is CSc1ccc(C)c(C(=O)N2CCC(c3c[nH]c4ccccc34)CC2)c1. The highest BCUT2D eigenvalue weighted by Gasteiger charge is 2.26. The number of benzene rings is 2. The molecule has 0 unspecified atom stereocenters. The third kappa shape index (κ3) is 3.14. The number of nitrogens with zero attached hydrogens (tertiary/aromatic N) is 1. The fourth-order valence-electron chi connectivity index (χ4n) is 3.95. The summed E-state index contributed by atoms with van der Waals surface area (Å²) in [5.74, 6) is 0.699. The minimum Gasteiger partial charge on any atom is -0.361 e. The van der Waals surface area contributed by atoms with Gasteiger partial charge in [-0.3, -0.25) is 4.79 Å². The number of nitrogens with one attached hydrogen (secondary N) is 1. The van der Waals surface area contributed by atoms with Crippen molar-refractivity contribution < 1.29 is 4.79 Å². The molecule has 3 aromatic rings. The van der Waals surface area contributed by atoms with Gasteiger partial charge in [-0.1, -0.05) is 24.3 Å². The van der Waals surface area contributed by atoms with Crippen molar-refractivity contribution in [3.05, 3.63) is 65.4 Å². The van der Waals surface area contributed by atoms with Crippen molar-refractivity contribution in [3.63, 3.8) is 0 Å². The first-order valence-electron chi connectivity index (χ1n) is 9.17. The maximum atomic E-state index is 13.0. The van der Waals surface area contributed by atoms with Crippen LogP contribution in [0.3, 0.4) is 0 Å². The van der Waals surface area contributed by atoms with Crippen LogP contribution >= 0.6 is 11.8 Å². The molecular weight excluding hydrogens is 340 g/mol. The number of likely N-dealkylation sites (tertiary alicyclic amines) is 1. The van der Waals surface area contributed by atoms with Crippen molar-refractivity contribution in [3.8, 4) is 0 Å². The molecule has 3 nitrogen and oxygen atoms in total. The van der Waals surface area contributed by atoms with E-state index in [0.29, 0.717) is 5.92 Å². The third-order valence-electron chi connectivity index (χ3n) is 5.52. The topological polar surface area (TPSA) is 36.1 Å². The lowest BCUT2D eigenvalue weighted by Gasteiger charge is -2.32. The largest absolute Gasteiger partial charge is 0.361 e. The maximum absolute atomic E-state index is 13.0. The van der Waals surface area contributed by atoms with E-state index in [2.05, 4.69) is 47.6 Å². The van der Waals surface area contributed by atoms with E-state index in [4.69, 9.17) is 0 Å². The Bertz CT molecular complexity index is 938. The number of aromatic amines is 1. The van der Waals surface area contributed by atoms with E-state index in [0.717, 1.165) is 42.0 Å². The van der Waals surface area contributed by atoms with E-state index in [1.807, 2.05) is 24.1 Å². The molecule has 0 saturated carbocycles. The normalized spacial score (nSPS) is 15.5. The summed E-state index contributed by atoms with van der Waals surface area (Å²) in [7, 11) is 0. The first kappa shape index (κ1) is 17.2. The Labute approximate surface area is 158 Å². The summed E-state index contributed by atoms with van der Waals surface area (Å²) < 4.78 is 0. The number of hydrogen-bond donors (Lipinski definition) is 1. The number of hydrogen-bond acceptors (Lipinski definition) is 2. The smallest absolute Gasteiger partial charge is 0.254 e. The molecule has 2 aromatic carbocycles. The van der Waals surface area contributed by atoms with Crippen LogP contribution in [0.15, 0.2) is 53.6 Å². The van der Waals surface area contributed by atoms with Gasteiger partial charge in [0.2, 0.25) is 0 Å². The predicted molar refractivity (Wildman–Crippen MR) is 109 cm³/mol. The number of amides is 1. The Balaban J connectivity index is 1.49. The second-order valence-corrected chi connectivity index (χ2v) is 7.92. The van der Waals surface area contributed by atoms with Crippen LogP contribution in [0.2, 0.25) is 0 Å². The van der Waals surface area contributed by atoms with Crippen molar-refractivity contribution in [1.82, 2.24) is 9.88 Å². The number of aromatic nitrogens is 1. The molecule has 1 saturated heterocycles. The van der Waals surface area contributed by atoms with Gasteiger partial charge in [0, 0.05) is 40.6 Å². The molecule has 0 bridgehead atoms. The second kappa shape index (κ2) is 7.20. The number of para-hydroxylation sites is 1. The highest BCUT2D eigenvalue weighted by molar-refractivity contribution is 7.98.